The van der Waals surface area contributed by atoms with E-state index >= 15 is 0 Å². The molecule has 0 bridgehead atoms. The molecule has 0 fully saturated rings. The van der Waals surface area contributed by atoms with Gasteiger partial charge in [-0.05, 0) is 6.07 Å². The van der Waals surface area contributed by atoms with E-state index in [1.807, 2.05) is 0 Å². The third kappa shape index (κ3) is 3.32. The monoisotopic (exact) mass is 436 g/mol. The zero-order valence-corrected chi connectivity index (χ0v) is 14.2. The number of hydrogen-bond donors (Lipinski definition) is 1. The lowest BCUT2D eigenvalue weighted by molar-refractivity contribution is -0.137. The van der Waals surface area contributed by atoms with Crippen molar-refractivity contribution in [2.45, 2.75) is 17.3 Å². The first-order valence-corrected chi connectivity index (χ1v) is 8.06. The van der Waals surface area contributed by atoms with Crippen molar-refractivity contribution in [3.05, 3.63) is 43.9 Å². The van der Waals surface area contributed by atoms with Crippen LogP contribution in [0.1, 0.15) is 11.1 Å². The fourth-order valence-corrected chi connectivity index (χ4v) is 3.56. The quantitative estimate of drug-likeness (QED) is 0.686. The van der Waals surface area contributed by atoms with Crippen LogP contribution in [0.15, 0.2) is 33.0 Å². The van der Waals surface area contributed by atoms with Gasteiger partial charge in [0.25, 0.3) is 0 Å². The number of nitrogens with zero attached hydrogens (tertiary/aromatic N) is 3. The second-order valence-electron chi connectivity index (χ2n) is 4.76. The predicted octanol–water partition coefficient (Wildman–Crippen LogP) is 4.59. The summed E-state index contributed by atoms with van der Waals surface area (Å²) in [6.07, 6.45) is -4.90. The maximum atomic E-state index is 12.9. The van der Waals surface area contributed by atoms with Crippen LogP contribution in [0.4, 0.5) is 26.3 Å². The molecule has 0 amide bonds. The molecule has 2 atom stereocenters. The SMILES string of the molecule is N#CC1=C(S(=O)C(F)(F)F)C(N)(c2ccc(C(F)(F)F)c(Cl)c2Cl)N=N1. The smallest absolute Gasteiger partial charge is 0.297 e. The van der Waals surface area contributed by atoms with Gasteiger partial charge in [0.05, 0.1) is 15.6 Å². The van der Waals surface area contributed by atoms with Gasteiger partial charge >= 0.3 is 11.7 Å². The largest absolute Gasteiger partial charge is 0.475 e. The Kier molecular flexibility index (Phi) is 5.15. The highest BCUT2D eigenvalue weighted by Gasteiger charge is 2.52. The number of nitrogens with two attached hydrogens (primary N) is 1. The lowest BCUT2D eigenvalue weighted by atomic mass is 9.98. The molecule has 1 aromatic carbocycles. The first kappa shape index (κ1) is 20.6. The minimum Gasteiger partial charge on any atom is -0.297 e. The minimum absolute atomic E-state index is 0.423. The Morgan fingerprint density at radius 1 is 1.15 bits per heavy atom. The van der Waals surface area contributed by atoms with E-state index in [9.17, 15) is 30.6 Å². The molecule has 0 spiro atoms. The molecule has 0 aliphatic carbocycles. The van der Waals surface area contributed by atoms with Crippen LogP contribution >= 0.6 is 23.2 Å². The molecule has 0 saturated heterocycles. The van der Waals surface area contributed by atoms with Crippen LogP contribution < -0.4 is 5.73 Å². The van der Waals surface area contributed by atoms with Crippen molar-refractivity contribution in [2.75, 3.05) is 0 Å². The average molecular weight is 437 g/mol. The molecule has 1 aliphatic heterocycles. The fourth-order valence-electron chi connectivity index (χ4n) is 2.06. The predicted molar refractivity (Wildman–Crippen MR) is 79.0 cm³/mol. The van der Waals surface area contributed by atoms with E-state index in [4.69, 9.17) is 34.2 Å². The Hall–Kier alpha value is -1.68. The molecule has 2 unspecified atom stereocenters. The third-order valence-electron chi connectivity index (χ3n) is 3.17. The second-order valence-corrected chi connectivity index (χ2v) is 6.92. The number of halogens is 8. The van der Waals surface area contributed by atoms with E-state index in [-0.39, 0.29) is 0 Å². The van der Waals surface area contributed by atoms with Crippen LogP contribution in [-0.4, -0.2) is 9.72 Å². The average Bonchev–Trinajstić information content (AvgIpc) is 2.84. The number of azo groups is 1. The number of hydrogen-bond acceptors (Lipinski definition) is 5. The van der Waals surface area contributed by atoms with Crippen LogP contribution in [0.25, 0.3) is 0 Å². The lowest BCUT2D eigenvalue weighted by Crippen LogP contribution is -2.40. The van der Waals surface area contributed by atoms with Gasteiger partial charge in [-0.25, -0.2) is 4.21 Å². The molecule has 0 saturated carbocycles. The molecule has 1 aromatic rings. The minimum atomic E-state index is -5.33. The second kappa shape index (κ2) is 6.49. The van der Waals surface area contributed by atoms with Crippen molar-refractivity contribution in [1.29, 1.82) is 5.26 Å². The summed E-state index contributed by atoms with van der Waals surface area (Å²) < 4.78 is 88.9. The number of nitriles is 1. The summed E-state index contributed by atoms with van der Waals surface area (Å²) in [5, 5.41) is 13.4. The zero-order chi connectivity index (χ0) is 20.1. The van der Waals surface area contributed by atoms with Crippen molar-refractivity contribution in [3.8, 4) is 6.07 Å². The van der Waals surface area contributed by atoms with Gasteiger partial charge in [0.1, 0.15) is 11.0 Å². The maximum Gasteiger partial charge on any atom is 0.475 e. The van der Waals surface area contributed by atoms with Crippen LogP contribution in [0, 0.1) is 11.3 Å². The molecule has 26 heavy (non-hydrogen) atoms. The highest BCUT2D eigenvalue weighted by atomic mass is 35.5. The number of rotatable bonds is 2. The summed E-state index contributed by atoms with van der Waals surface area (Å²) in [6.45, 7) is 0. The zero-order valence-electron chi connectivity index (χ0n) is 11.9. The highest BCUT2D eigenvalue weighted by Crippen LogP contribution is 2.48. The van der Waals surface area contributed by atoms with Crippen molar-refractivity contribution in [3.63, 3.8) is 0 Å². The highest BCUT2D eigenvalue weighted by molar-refractivity contribution is 7.90. The molecular formula is C12H4Cl2F6N4OS. The Labute approximate surface area is 153 Å². The van der Waals surface area contributed by atoms with Gasteiger partial charge in [0, 0.05) is 5.56 Å². The summed E-state index contributed by atoms with van der Waals surface area (Å²) in [7, 11) is -3.83. The van der Waals surface area contributed by atoms with E-state index < -0.39 is 59.9 Å². The fraction of sp³-hybridized carbons (Fsp3) is 0.250. The standard InChI is InChI=1S/C12H4Cl2F6N4OS/c13-7-4(1-2-5(8(7)14)11(15,16)17)10(22)9(6(3-21)23-24-10)26(25)12(18,19)20/h1-2H,22H2. The molecule has 5 nitrogen and oxygen atoms in total. The third-order valence-corrected chi connectivity index (χ3v) is 5.35. The topological polar surface area (TPSA) is 91.6 Å². The molecule has 14 heteroatoms. The Balaban J connectivity index is 2.74. The van der Waals surface area contributed by atoms with Gasteiger partial charge in [-0.2, -0.15) is 36.7 Å². The van der Waals surface area contributed by atoms with Crippen LogP contribution in [0.2, 0.25) is 10.0 Å². The maximum absolute atomic E-state index is 12.9. The van der Waals surface area contributed by atoms with Crippen molar-refractivity contribution in [2.24, 2.45) is 16.0 Å². The van der Waals surface area contributed by atoms with Crippen LogP contribution in [0.3, 0.4) is 0 Å². The molecule has 140 valence electrons. The normalized spacial score (nSPS) is 21.8. The van der Waals surface area contributed by atoms with Gasteiger partial charge in [0.2, 0.25) is 0 Å². The molecule has 0 aromatic heterocycles. The number of benzene rings is 1. The summed E-state index contributed by atoms with van der Waals surface area (Å²) in [4.78, 5) is -1.26. The summed E-state index contributed by atoms with van der Waals surface area (Å²) in [5.41, 5.74) is -5.27. The van der Waals surface area contributed by atoms with Crippen molar-refractivity contribution < 1.29 is 30.6 Å². The Morgan fingerprint density at radius 2 is 1.73 bits per heavy atom. The van der Waals surface area contributed by atoms with E-state index in [0.717, 1.165) is 0 Å². The summed E-state index contributed by atoms with van der Waals surface area (Å²) in [5.74, 6) is 0. The van der Waals surface area contributed by atoms with Gasteiger partial charge in [-0.3, -0.25) is 5.73 Å². The molecule has 2 N–H and O–H groups in total. The first-order chi connectivity index (χ1) is 11.7. The van der Waals surface area contributed by atoms with Crippen molar-refractivity contribution >= 4 is 34.0 Å². The van der Waals surface area contributed by atoms with Crippen LogP contribution in [0.5, 0.6) is 0 Å². The van der Waals surface area contributed by atoms with Gasteiger partial charge in [0.15, 0.2) is 22.2 Å². The van der Waals surface area contributed by atoms with E-state index in [1.165, 1.54) is 6.07 Å². The van der Waals surface area contributed by atoms with E-state index in [2.05, 4.69) is 10.2 Å². The summed E-state index contributed by atoms with van der Waals surface area (Å²) >= 11 is 11.3. The summed E-state index contributed by atoms with van der Waals surface area (Å²) in [6, 6.07) is 2.30. The molecule has 1 aliphatic rings. The van der Waals surface area contributed by atoms with E-state index in [1.54, 1.807) is 0 Å². The first-order valence-electron chi connectivity index (χ1n) is 6.16. The van der Waals surface area contributed by atoms with Crippen LogP contribution in [-0.2, 0) is 22.6 Å². The number of allylic oxidation sites excluding steroid dienone is 1. The van der Waals surface area contributed by atoms with Gasteiger partial charge < -0.3 is 0 Å². The van der Waals surface area contributed by atoms with Gasteiger partial charge in [-0.1, -0.05) is 29.3 Å². The Morgan fingerprint density at radius 3 is 2.19 bits per heavy atom. The number of alkyl halides is 6. The lowest BCUT2D eigenvalue weighted by Gasteiger charge is -2.25. The molecule has 0 radical (unpaired) electrons. The molecule has 1 heterocycles. The molecule has 2 rings (SSSR count). The Bertz CT molecular complexity index is 905. The van der Waals surface area contributed by atoms with Crippen molar-refractivity contribution in [1.82, 2.24) is 0 Å². The van der Waals surface area contributed by atoms with E-state index in [0.29, 0.717) is 12.1 Å². The van der Waals surface area contributed by atoms with Gasteiger partial charge in [-0.15, -0.1) is 5.11 Å². The molecular weight excluding hydrogens is 433 g/mol.